The van der Waals surface area contributed by atoms with E-state index in [0.29, 0.717) is 0 Å². The molecule has 0 saturated heterocycles. The molecule has 2 rings (SSSR count). The van der Waals surface area contributed by atoms with Crippen molar-refractivity contribution in [3.05, 3.63) is 71.8 Å². The lowest BCUT2D eigenvalue weighted by atomic mass is 9.79. The quantitative estimate of drug-likeness (QED) is 0.721. The van der Waals surface area contributed by atoms with E-state index < -0.39 is 23.2 Å². The number of hydrogen-bond acceptors (Lipinski definition) is 3. The van der Waals surface area contributed by atoms with Crippen LogP contribution in [0.15, 0.2) is 60.7 Å². The summed E-state index contributed by atoms with van der Waals surface area (Å²) in [5, 5.41) is 5.73. The van der Waals surface area contributed by atoms with Crippen LogP contribution in [0.25, 0.3) is 0 Å². The minimum atomic E-state index is -0.938. The number of rotatable bonds is 5. The van der Waals surface area contributed by atoms with Gasteiger partial charge < -0.3 is 15.4 Å². The van der Waals surface area contributed by atoms with Crippen LogP contribution in [0.2, 0.25) is 0 Å². The van der Waals surface area contributed by atoms with Crippen LogP contribution in [0.4, 0.5) is 4.79 Å². The maximum Gasteiger partial charge on any atom is 0.408 e. The molecule has 5 heteroatoms. The molecule has 30 heavy (non-hydrogen) atoms. The molecule has 0 saturated carbocycles. The predicted octanol–water partition coefficient (Wildman–Crippen LogP) is 4.45. The molecule has 0 aliphatic heterocycles. The monoisotopic (exact) mass is 406 g/mol. The summed E-state index contributed by atoms with van der Waals surface area (Å²) in [6, 6.07) is 18.4. The van der Waals surface area contributed by atoms with Crippen molar-refractivity contribution < 1.29 is 14.3 Å². The molecule has 158 valence electrons. The molecule has 0 spiro atoms. The third-order valence-electron chi connectivity index (χ3n) is 4.44. The van der Waals surface area contributed by atoms with Gasteiger partial charge in [0.1, 0.15) is 5.60 Å². The number of nitrogens with one attached hydrogen (secondary N) is 2. The number of benzene rings is 2. The lowest BCUT2D eigenvalue weighted by molar-refractivity contribution is -0.130. The second-order valence-corrected chi connectivity index (χ2v) is 8.56. The van der Waals surface area contributed by atoms with Gasteiger partial charge in [-0.15, -0.1) is 0 Å². The Hall–Kier alpha value is -3.26. The first kappa shape index (κ1) is 23.0. The third kappa shape index (κ3) is 6.97. The third-order valence-corrected chi connectivity index (χ3v) is 4.44. The van der Waals surface area contributed by atoms with E-state index in [0.717, 1.165) is 11.1 Å². The molecule has 0 aromatic heterocycles. The van der Waals surface area contributed by atoms with Crippen molar-refractivity contribution in [2.45, 2.75) is 46.3 Å². The summed E-state index contributed by atoms with van der Waals surface area (Å²) in [4.78, 5) is 25.4. The van der Waals surface area contributed by atoms with E-state index in [1.807, 2.05) is 60.7 Å². The zero-order chi connectivity index (χ0) is 22.2. The van der Waals surface area contributed by atoms with Crippen molar-refractivity contribution in [1.29, 1.82) is 0 Å². The van der Waals surface area contributed by atoms with Gasteiger partial charge in [-0.05, 0) is 52.3 Å². The smallest absolute Gasteiger partial charge is 0.408 e. The first-order valence-corrected chi connectivity index (χ1v) is 9.96. The van der Waals surface area contributed by atoms with E-state index in [1.165, 1.54) is 0 Å². The number of alkyl carbamates (subject to hydrolysis) is 1. The maximum absolute atomic E-state index is 13.0. The number of ether oxygens (including phenoxy) is 1. The molecule has 2 aromatic carbocycles. The molecule has 0 unspecified atom stereocenters. The fourth-order valence-corrected chi connectivity index (χ4v) is 2.90. The Morgan fingerprint density at radius 3 is 2.07 bits per heavy atom. The minimum Gasteiger partial charge on any atom is -0.444 e. The molecule has 5 nitrogen and oxygen atoms in total. The van der Waals surface area contributed by atoms with Crippen molar-refractivity contribution in [2.24, 2.45) is 5.41 Å². The van der Waals surface area contributed by atoms with Crippen LogP contribution in [0, 0.1) is 17.3 Å². The summed E-state index contributed by atoms with van der Waals surface area (Å²) in [5.74, 6) is 5.76. The standard InChI is InChI=1S/C25H30N2O3/c1-24(2,3)30-23(29)27-21(20-16-10-7-11-17-20)25(4,5)22(28)26-18-12-15-19-13-8-6-9-14-19/h6-11,13-14,16-17,21H,18H2,1-5H3,(H,26,28)(H,27,29)/t21-/m1/s1. The Kier molecular flexibility index (Phi) is 7.66. The highest BCUT2D eigenvalue weighted by Gasteiger charge is 2.39. The average molecular weight is 407 g/mol. The summed E-state index contributed by atoms with van der Waals surface area (Å²) in [5.41, 5.74) is 0.135. The average Bonchev–Trinajstić information content (AvgIpc) is 2.69. The Morgan fingerprint density at radius 1 is 0.933 bits per heavy atom. The molecular weight excluding hydrogens is 376 g/mol. The first-order valence-electron chi connectivity index (χ1n) is 9.96. The van der Waals surface area contributed by atoms with E-state index in [-0.39, 0.29) is 12.5 Å². The molecule has 2 N–H and O–H groups in total. The number of carbonyl (C=O) groups excluding carboxylic acids is 2. The van der Waals surface area contributed by atoms with E-state index in [4.69, 9.17) is 4.74 Å². The van der Waals surface area contributed by atoms with Crippen LogP contribution in [-0.4, -0.2) is 24.1 Å². The Balaban J connectivity index is 2.13. The van der Waals surface area contributed by atoms with Crippen molar-refractivity contribution >= 4 is 12.0 Å². The first-order chi connectivity index (χ1) is 14.1. The Morgan fingerprint density at radius 2 is 1.50 bits per heavy atom. The topological polar surface area (TPSA) is 67.4 Å². The van der Waals surface area contributed by atoms with Crippen LogP contribution in [0.3, 0.4) is 0 Å². The molecule has 2 amide bonds. The van der Waals surface area contributed by atoms with Crippen molar-refractivity contribution in [3.8, 4) is 11.8 Å². The fraction of sp³-hybridized carbons (Fsp3) is 0.360. The van der Waals surface area contributed by atoms with E-state index >= 15 is 0 Å². The summed E-state index contributed by atoms with van der Waals surface area (Å²) in [7, 11) is 0. The van der Waals surface area contributed by atoms with Gasteiger partial charge in [0.25, 0.3) is 0 Å². The van der Waals surface area contributed by atoms with E-state index in [9.17, 15) is 9.59 Å². The second-order valence-electron chi connectivity index (χ2n) is 8.56. The van der Waals surface area contributed by atoms with Gasteiger partial charge in [0.15, 0.2) is 0 Å². The van der Waals surface area contributed by atoms with Gasteiger partial charge in [0.2, 0.25) is 5.91 Å². The Labute approximate surface area is 179 Å². The largest absolute Gasteiger partial charge is 0.444 e. The Bertz CT molecular complexity index is 904. The van der Waals surface area contributed by atoms with Crippen molar-refractivity contribution in [1.82, 2.24) is 10.6 Å². The minimum absolute atomic E-state index is 0.213. The SMILES string of the molecule is CC(C)(C)OC(=O)N[C@H](c1ccccc1)C(C)(C)C(=O)NCC#Cc1ccccc1. The lowest BCUT2D eigenvalue weighted by Gasteiger charge is -2.34. The highest BCUT2D eigenvalue weighted by atomic mass is 16.6. The van der Waals surface area contributed by atoms with Crippen molar-refractivity contribution in [3.63, 3.8) is 0 Å². The summed E-state index contributed by atoms with van der Waals surface area (Å²) >= 11 is 0. The second kappa shape index (κ2) is 9.98. The molecule has 0 bridgehead atoms. The molecule has 0 aliphatic carbocycles. The van der Waals surface area contributed by atoms with Gasteiger partial charge in [-0.1, -0.05) is 60.4 Å². The molecule has 2 aromatic rings. The van der Waals surface area contributed by atoms with Crippen LogP contribution in [-0.2, 0) is 9.53 Å². The highest BCUT2D eigenvalue weighted by molar-refractivity contribution is 5.84. The van der Waals surface area contributed by atoms with Gasteiger partial charge in [-0.3, -0.25) is 4.79 Å². The van der Waals surface area contributed by atoms with Crippen LogP contribution < -0.4 is 10.6 Å². The molecule has 0 radical (unpaired) electrons. The fourth-order valence-electron chi connectivity index (χ4n) is 2.90. The molecule has 0 fully saturated rings. The summed E-state index contributed by atoms with van der Waals surface area (Å²) in [6.45, 7) is 9.20. The summed E-state index contributed by atoms with van der Waals surface area (Å²) in [6.07, 6.45) is -0.568. The predicted molar refractivity (Wildman–Crippen MR) is 119 cm³/mol. The van der Waals surface area contributed by atoms with Gasteiger partial charge in [0, 0.05) is 5.56 Å². The van der Waals surface area contributed by atoms with Crippen LogP contribution in [0.5, 0.6) is 0 Å². The van der Waals surface area contributed by atoms with Gasteiger partial charge in [-0.25, -0.2) is 4.79 Å². The molecule has 0 aliphatic rings. The zero-order valence-corrected chi connectivity index (χ0v) is 18.3. The van der Waals surface area contributed by atoms with Crippen LogP contribution in [0.1, 0.15) is 51.8 Å². The van der Waals surface area contributed by atoms with E-state index in [2.05, 4.69) is 22.5 Å². The highest BCUT2D eigenvalue weighted by Crippen LogP contribution is 2.34. The zero-order valence-electron chi connectivity index (χ0n) is 18.3. The lowest BCUT2D eigenvalue weighted by Crippen LogP contribution is -2.48. The van der Waals surface area contributed by atoms with E-state index in [1.54, 1.807) is 34.6 Å². The maximum atomic E-state index is 13.0. The van der Waals surface area contributed by atoms with Crippen molar-refractivity contribution in [2.75, 3.05) is 6.54 Å². The molecule has 0 heterocycles. The van der Waals surface area contributed by atoms with Crippen LogP contribution >= 0.6 is 0 Å². The number of amides is 2. The normalized spacial score (nSPS) is 12.2. The number of carbonyl (C=O) groups is 2. The van der Waals surface area contributed by atoms with Gasteiger partial charge in [0.05, 0.1) is 18.0 Å². The molecular formula is C25H30N2O3. The van der Waals surface area contributed by atoms with Gasteiger partial charge >= 0.3 is 6.09 Å². The van der Waals surface area contributed by atoms with Gasteiger partial charge in [-0.2, -0.15) is 0 Å². The summed E-state index contributed by atoms with van der Waals surface area (Å²) < 4.78 is 5.41. The molecule has 1 atom stereocenters. The number of hydrogen-bond donors (Lipinski definition) is 2.